The molecule has 0 aliphatic rings. The molecule has 6 N–H and O–H groups in total. The summed E-state index contributed by atoms with van der Waals surface area (Å²) in [5.74, 6) is -0.392. The molecule has 0 fully saturated rings. The van der Waals surface area contributed by atoms with Crippen LogP contribution in [0.2, 0.25) is 0 Å². The molecule has 0 radical (unpaired) electrons. The van der Waals surface area contributed by atoms with E-state index in [0.717, 1.165) is 0 Å². The van der Waals surface area contributed by atoms with Crippen LogP contribution >= 0.6 is 12.2 Å². The molecule has 0 atom stereocenters. The van der Waals surface area contributed by atoms with Crippen LogP contribution in [0.4, 0.5) is 5.69 Å². The number of nitrogens with two attached hydrogens (primary N) is 1. The number of thiocarbonyl (C=S) groups is 1. The minimum Gasteiger partial charge on any atom is -0.465 e. The minimum atomic E-state index is -0.392. The Labute approximate surface area is 96.2 Å². The summed E-state index contributed by atoms with van der Waals surface area (Å²) in [5.41, 5.74) is 6.41. The van der Waals surface area contributed by atoms with Crippen molar-refractivity contribution < 1.29 is 12.4 Å². The highest BCUT2D eigenvalue weighted by atomic mass is 32.1. The zero-order valence-corrected chi connectivity index (χ0v) is 9.14. The molecule has 0 saturated heterocycles. The third-order valence-electron chi connectivity index (χ3n) is 1.55. The highest BCUT2D eigenvalue weighted by Crippen LogP contribution is 2.10. The molecule has 1 rings (SSSR count). The smallest absolute Gasteiger partial charge is 0.337 e. The second kappa shape index (κ2) is 5.94. The van der Waals surface area contributed by atoms with E-state index in [4.69, 9.17) is 5.73 Å². The van der Waals surface area contributed by atoms with Crippen molar-refractivity contribution in [1.29, 1.82) is 0 Å². The van der Waals surface area contributed by atoms with E-state index < -0.39 is 5.97 Å². The first-order valence-corrected chi connectivity index (χ1v) is 4.29. The van der Waals surface area contributed by atoms with E-state index >= 15 is 0 Å². The van der Waals surface area contributed by atoms with Gasteiger partial charge >= 0.3 is 5.97 Å². The van der Waals surface area contributed by atoms with Gasteiger partial charge in [0.2, 0.25) is 0 Å². The van der Waals surface area contributed by atoms with Gasteiger partial charge in [-0.15, -0.1) is 0 Å². The SMILES string of the molecule is COC(=O)c1cccc(NC(N)=S)c1.N.[HH].[HH]. The quantitative estimate of drug-likeness (QED) is 0.530. The fourth-order valence-electron chi connectivity index (χ4n) is 0.984. The van der Waals surface area contributed by atoms with Crippen LogP contribution in [0.5, 0.6) is 0 Å². The number of benzene rings is 1. The number of esters is 1. The Bertz CT molecular complexity index is 377. The minimum absolute atomic E-state index is 0. The molecule has 1 aromatic rings. The average Bonchev–Trinajstić information content (AvgIpc) is 2.16. The van der Waals surface area contributed by atoms with Gasteiger partial charge in [-0.25, -0.2) is 4.79 Å². The normalized spacial score (nSPS) is 8.60. The Morgan fingerprint density at radius 2 is 2.27 bits per heavy atom. The van der Waals surface area contributed by atoms with E-state index in [9.17, 15) is 4.79 Å². The first-order valence-electron chi connectivity index (χ1n) is 3.88. The van der Waals surface area contributed by atoms with E-state index in [0.29, 0.717) is 11.3 Å². The van der Waals surface area contributed by atoms with Crippen LogP contribution in [0.15, 0.2) is 24.3 Å². The lowest BCUT2D eigenvalue weighted by atomic mass is 10.2. The molecule has 0 heterocycles. The maximum absolute atomic E-state index is 11.1. The summed E-state index contributed by atoms with van der Waals surface area (Å²) >= 11 is 4.67. The number of ether oxygens (including phenoxy) is 1. The maximum Gasteiger partial charge on any atom is 0.337 e. The van der Waals surface area contributed by atoms with E-state index in [2.05, 4.69) is 22.3 Å². The summed E-state index contributed by atoms with van der Waals surface area (Å²) in [6.07, 6.45) is 0. The predicted molar refractivity (Wildman–Crippen MR) is 67.4 cm³/mol. The summed E-state index contributed by atoms with van der Waals surface area (Å²) in [4.78, 5) is 11.1. The standard InChI is InChI=1S/C9H10N2O2S.H3N.2H2/c1-13-8(12)6-3-2-4-7(5-6)11-9(10)14;;;/h2-5H,1H3,(H3,10,11,14);1H3;2*1H. The molecule has 1 aromatic carbocycles. The van der Waals surface area contributed by atoms with Crippen LogP contribution in [0.25, 0.3) is 0 Å². The fourth-order valence-corrected chi connectivity index (χ4v) is 1.10. The second-order valence-electron chi connectivity index (χ2n) is 2.56. The van der Waals surface area contributed by atoms with Crippen molar-refractivity contribution in [3.8, 4) is 0 Å². The predicted octanol–water partition coefficient (Wildman–Crippen LogP) is 1.78. The van der Waals surface area contributed by atoms with Gasteiger partial charge in [0.05, 0.1) is 12.7 Å². The Balaban J connectivity index is -0.000000653. The molecule has 5 nitrogen and oxygen atoms in total. The summed E-state index contributed by atoms with van der Waals surface area (Å²) in [6, 6.07) is 6.74. The number of hydrogen-bond donors (Lipinski definition) is 3. The van der Waals surface area contributed by atoms with Crippen LogP contribution in [0.3, 0.4) is 0 Å². The Morgan fingerprint density at radius 1 is 1.60 bits per heavy atom. The van der Waals surface area contributed by atoms with Crippen molar-refractivity contribution in [2.24, 2.45) is 5.73 Å². The Kier molecular flexibility index (Phi) is 5.29. The van der Waals surface area contributed by atoms with Gasteiger partial charge in [0.15, 0.2) is 5.11 Å². The van der Waals surface area contributed by atoms with Crippen LogP contribution in [0.1, 0.15) is 13.2 Å². The number of hydrogen-bond acceptors (Lipinski definition) is 4. The lowest BCUT2D eigenvalue weighted by molar-refractivity contribution is 0.0601. The first-order chi connectivity index (χ1) is 6.63. The second-order valence-corrected chi connectivity index (χ2v) is 3.00. The maximum atomic E-state index is 11.1. The fraction of sp³-hybridized carbons (Fsp3) is 0.111. The third-order valence-corrected chi connectivity index (χ3v) is 1.65. The van der Waals surface area contributed by atoms with Crippen molar-refractivity contribution >= 4 is 29.0 Å². The Hall–Kier alpha value is -1.66. The number of carbonyl (C=O) groups excluding carboxylic acids is 1. The molecule has 86 valence electrons. The molecule has 0 aliphatic heterocycles. The highest BCUT2D eigenvalue weighted by molar-refractivity contribution is 7.80. The summed E-state index contributed by atoms with van der Waals surface area (Å²) < 4.78 is 4.57. The monoisotopic (exact) mass is 231 g/mol. The van der Waals surface area contributed by atoms with Crippen LogP contribution in [0, 0.1) is 0 Å². The average molecular weight is 231 g/mol. The molecule has 6 heteroatoms. The zero-order valence-electron chi connectivity index (χ0n) is 8.32. The Morgan fingerprint density at radius 3 is 2.80 bits per heavy atom. The van der Waals surface area contributed by atoms with E-state index in [1.807, 2.05) is 0 Å². The van der Waals surface area contributed by atoms with Gasteiger partial charge < -0.3 is 21.9 Å². The molecule has 0 aromatic heterocycles. The molecule has 0 saturated carbocycles. The van der Waals surface area contributed by atoms with E-state index in [-0.39, 0.29) is 14.1 Å². The molecule has 0 bridgehead atoms. The number of carbonyl (C=O) groups is 1. The van der Waals surface area contributed by atoms with Crippen molar-refractivity contribution in [1.82, 2.24) is 6.15 Å². The van der Waals surface area contributed by atoms with Crippen LogP contribution in [-0.4, -0.2) is 18.2 Å². The summed E-state index contributed by atoms with van der Waals surface area (Å²) in [6.45, 7) is 0. The molecule has 15 heavy (non-hydrogen) atoms. The molecule has 0 spiro atoms. The summed E-state index contributed by atoms with van der Waals surface area (Å²) in [5, 5.41) is 2.88. The van der Waals surface area contributed by atoms with Crippen molar-refractivity contribution in [2.45, 2.75) is 0 Å². The topological polar surface area (TPSA) is 99.3 Å². The van der Waals surface area contributed by atoms with Crippen molar-refractivity contribution in [2.75, 3.05) is 12.4 Å². The first kappa shape index (κ1) is 13.3. The highest BCUT2D eigenvalue weighted by Gasteiger charge is 2.05. The number of anilines is 1. The molecule has 0 unspecified atom stereocenters. The third kappa shape index (κ3) is 3.92. The van der Waals surface area contributed by atoms with Crippen molar-refractivity contribution in [3.05, 3.63) is 29.8 Å². The van der Waals surface area contributed by atoms with Gasteiger partial charge in [-0.2, -0.15) is 0 Å². The number of methoxy groups -OCH3 is 1. The van der Waals surface area contributed by atoms with E-state index in [1.54, 1.807) is 24.3 Å². The lowest BCUT2D eigenvalue weighted by Gasteiger charge is -2.04. The van der Waals surface area contributed by atoms with Gasteiger partial charge in [-0.3, -0.25) is 0 Å². The van der Waals surface area contributed by atoms with Gasteiger partial charge in [-0.1, -0.05) is 6.07 Å². The van der Waals surface area contributed by atoms with Crippen molar-refractivity contribution in [3.63, 3.8) is 0 Å². The number of rotatable bonds is 2. The van der Waals surface area contributed by atoms with Gasteiger partial charge in [0, 0.05) is 8.54 Å². The van der Waals surface area contributed by atoms with E-state index in [1.165, 1.54) is 7.11 Å². The number of nitrogens with one attached hydrogen (secondary N) is 1. The molecule has 0 amide bonds. The largest absolute Gasteiger partial charge is 0.465 e. The van der Waals surface area contributed by atoms with Gasteiger partial charge in [0.1, 0.15) is 0 Å². The van der Waals surface area contributed by atoms with Crippen LogP contribution in [-0.2, 0) is 4.74 Å². The molecule has 0 aliphatic carbocycles. The van der Waals surface area contributed by atoms with Gasteiger partial charge in [-0.05, 0) is 30.4 Å². The molecular weight excluding hydrogens is 214 g/mol. The van der Waals surface area contributed by atoms with Gasteiger partial charge in [0.25, 0.3) is 0 Å². The summed E-state index contributed by atoms with van der Waals surface area (Å²) in [7, 11) is 1.33. The molecular formula is C9H17N3O2S. The zero-order chi connectivity index (χ0) is 10.6. The lowest BCUT2D eigenvalue weighted by Crippen LogP contribution is -2.19. The van der Waals surface area contributed by atoms with Crippen LogP contribution < -0.4 is 17.2 Å².